The normalized spacial score (nSPS) is 14.1. The van der Waals surface area contributed by atoms with Crippen molar-refractivity contribution in [3.8, 4) is 11.1 Å². The summed E-state index contributed by atoms with van der Waals surface area (Å²) >= 11 is 0. The number of amides is 1. The Labute approximate surface area is 199 Å². The number of piperazine rings is 1. The molecule has 0 spiro atoms. The molecule has 1 amide bonds. The molecule has 0 atom stereocenters. The molecule has 4 rings (SSSR count). The molecule has 0 unspecified atom stereocenters. The Bertz CT molecular complexity index is 1160. The number of ether oxygens (including phenoxy) is 1. The maximum absolute atomic E-state index is 13.4. The van der Waals surface area contributed by atoms with E-state index in [1.165, 1.54) is 5.56 Å². The van der Waals surface area contributed by atoms with Crippen LogP contribution in [0.2, 0.25) is 0 Å². The van der Waals surface area contributed by atoms with E-state index in [-0.39, 0.29) is 17.9 Å². The molecule has 1 aliphatic heterocycles. The summed E-state index contributed by atoms with van der Waals surface area (Å²) in [7, 11) is 0. The number of hydrogen-bond donors (Lipinski definition) is 1. The molecule has 2 aromatic carbocycles. The summed E-state index contributed by atoms with van der Waals surface area (Å²) in [6.45, 7) is 6.80. The number of Topliss-reactive ketones (excluding diaryl/α,β-unsaturated/α-hetero) is 1. The number of esters is 1. The zero-order valence-corrected chi connectivity index (χ0v) is 19.5. The number of nitrogens with one attached hydrogen (secondary N) is 1. The molecular weight excluding hydrogens is 430 g/mol. The predicted molar refractivity (Wildman–Crippen MR) is 130 cm³/mol. The van der Waals surface area contributed by atoms with Gasteiger partial charge in [0.2, 0.25) is 0 Å². The first kappa shape index (κ1) is 23.4. The van der Waals surface area contributed by atoms with Gasteiger partial charge in [-0.2, -0.15) is 0 Å². The van der Waals surface area contributed by atoms with Crippen molar-refractivity contribution in [3.05, 3.63) is 83.2 Å². The lowest BCUT2D eigenvalue weighted by Gasteiger charge is -2.34. The maximum Gasteiger partial charge on any atom is 0.340 e. The SMILES string of the molecule is CCOC(=O)c1c(C)[nH]c(C(=O)C(=O)N2CCN(Cc3ccccc3)CC2)c1-c1ccccc1. The average molecular weight is 460 g/mol. The number of aromatic nitrogens is 1. The summed E-state index contributed by atoms with van der Waals surface area (Å²) in [6.07, 6.45) is 0. The van der Waals surface area contributed by atoms with Gasteiger partial charge in [0.1, 0.15) is 5.69 Å². The summed E-state index contributed by atoms with van der Waals surface area (Å²) in [5.41, 5.74) is 3.23. The topological polar surface area (TPSA) is 82.7 Å². The van der Waals surface area contributed by atoms with Crippen LogP contribution >= 0.6 is 0 Å². The van der Waals surface area contributed by atoms with E-state index in [9.17, 15) is 14.4 Å². The lowest BCUT2D eigenvalue weighted by molar-refractivity contribution is -0.128. The van der Waals surface area contributed by atoms with Gasteiger partial charge in [0, 0.05) is 44.0 Å². The van der Waals surface area contributed by atoms with Crippen molar-refractivity contribution in [3.63, 3.8) is 0 Å². The van der Waals surface area contributed by atoms with Gasteiger partial charge in [-0.15, -0.1) is 0 Å². The standard InChI is InChI=1S/C27H29N3O4/c1-3-34-27(33)22-19(2)28-24(23(22)21-12-8-5-9-13-21)25(31)26(32)30-16-14-29(15-17-30)18-20-10-6-4-7-11-20/h4-13,28H,3,14-18H2,1-2H3. The van der Waals surface area contributed by atoms with Crippen LogP contribution < -0.4 is 0 Å². The lowest BCUT2D eigenvalue weighted by atomic mass is 9.98. The number of carbonyl (C=O) groups is 3. The van der Waals surface area contributed by atoms with Crippen LogP contribution in [0.15, 0.2) is 60.7 Å². The fourth-order valence-electron chi connectivity index (χ4n) is 4.35. The lowest BCUT2D eigenvalue weighted by Crippen LogP contribution is -2.50. The third-order valence-corrected chi connectivity index (χ3v) is 6.06. The molecule has 0 radical (unpaired) electrons. The van der Waals surface area contributed by atoms with Crippen molar-refractivity contribution in [2.75, 3.05) is 32.8 Å². The van der Waals surface area contributed by atoms with E-state index in [4.69, 9.17) is 4.74 Å². The number of hydrogen-bond acceptors (Lipinski definition) is 5. The molecule has 1 saturated heterocycles. The minimum Gasteiger partial charge on any atom is -0.462 e. The van der Waals surface area contributed by atoms with Gasteiger partial charge >= 0.3 is 5.97 Å². The quantitative estimate of drug-likeness (QED) is 0.331. The van der Waals surface area contributed by atoms with Crippen molar-refractivity contribution >= 4 is 17.7 Å². The van der Waals surface area contributed by atoms with Crippen LogP contribution in [0.3, 0.4) is 0 Å². The minimum absolute atomic E-state index is 0.128. The Hall–Kier alpha value is -3.71. The Kier molecular flexibility index (Phi) is 7.23. The largest absolute Gasteiger partial charge is 0.462 e. The second-order valence-electron chi connectivity index (χ2n) is 8.34. The molecule has 34 heavy (non-hydrogen) atoms. The minimum atomic E-state index is -0.644. The summed E-state index contributed by atoms with van der Waals surface area (Å²) in [6, 6.07) is 19.3. The van der Waals surface area contributed by atoms with Crippen molar-refractivity contribution in [1.29, 1.82) is 0 Å². The summed E-state index contributed by atoms with van der Waals surface area (Å²) in [5.74, 6) is -1.72. The highest BCUT2D eigenvalue weighted by Gasteiger charge is 2.33. The fourth-order valence-corrected chi connectivity index (χ4v) is 4.35. The maximum atomic E-state index is 13.4. The van der Waals surface area contributed by atoms with E-state index in [0.717, 1.165) is 6.54 Å². The Morgan fingerprint density at radius 1 is 0.912 bits per heavy atom. The molecule has 176 valence electrons. The Morgan fingerprint density at radius 2 is 1.53 bits per heavy atom. The first-order valence-corrected chi connectivity index (χ1v) is 11.5. The van der Waals surface area contributed by atoms with Gasteiger partial charge < -0.3 is 14.6 Å². The fraction of sp³-hybridized carbons (Fsp3) is 0.296. The van der Waals surface area contributed by atoms with Gasteiger partial charge in [0.15, 0.2) is 0 Å². The number of ketones is 1. The van der Waals surface area contributed by atoms with Crippen molar-refractivity contribution in [2.24, 2.45) is 0 Å². The van der Waals surface area contributed by atoms with Crippen LogP contribution in [0.1, 0.15) is 39.0 Å². The average Bonchev–Trinajstić information content (AvgIpc) is 3.22. The molecular formula is C27H29N3O4. The molecule has 2 heterocycles. The molecule has 1 aromatic heterocycles. The molecule has 0 aliphatic carbocycles. The van der Waals surface area contributed by atoms with Crippen LogP contribution in [0.4, 0.5) is 0 Å². The van der Waals surface area contributed by atoms with Gasteiger partial charge in [-0.25, -0.2) is 4.79 Å². The van der Waals surface area contributed by atoms with E-state index < -0.39 is 17.7 Å². The molecule has 3 aromatic rings. The summed E-state index contributed by atoms with van der Waals surface area (Å²) in [4.78, 5) is 46.1. The van der Waals surface area contributed by atoms with Crippen LogP contribution in [0.5, 0.6) is 0 Å². The summed E-state index contributed by atoms with van der Waals surface area (Å²) < 4.78 is 5.23. The van der Waals surface area contributed by atoms with E-state index in [0.29, 0.717) is 43.0 Å². The van der Waals surface area contributed by atoms with E-state index >= 15 is 0 Å². The molecule has 1 fully saturated rings. The third-order valence-electron chi connectivity index (χ3n) is 6.06. The number of nitrogens with zero attached hydrogens (tertiary/aromatic N) is 2. The number of H-pyrrole nitrogens is 1. The van der Waals surface area contributed by atoms with E-state index in [1.807, 2.05) is 48.5 Å². The van der Waals surface area contributed by atoms with Gasteiger partial charge in [-0.3, -0.25) is 14.5 Å². The molecule has 7 heteroatoms. The number of aromatic amines is 1. The van der Waals surface area contributed by atoms with Crippen molar-refractivity contribution < 1.29 is 19.1 Å². The van der Waals surface area contributed by atoms with Crippen molar-refractivity contribution in [2.45, 2.75) is 20.4 Å². The Balaban J connectivity index is 1.54. The number of rotatable bonds is 7. The molecule has 7 nitrogen and oxygen atoms in total. The van der Waals surface area contributed by atoms with Gasteiger partial charge in [0.25, 0.3) is 11.7 Å². The molecule has 1 N–H and O–H groups in total. The molecule has 0 saturated carbocycles. The molecule has 0 bridgehead atoms. The summed E-state index contributed by atoms with van der Waals surface area (Å²) in [5, 5.41) is 0. The highest BCUT2D eigenvalue weighted by atomic mass is 16.5. The zero-order chi connectivity index (χ0) is 24.1. The van der Waals surface area contributed by atoms with Gasteiger partial charge in [-0.1, -0.05) is 60.7 Å². The zero-order valence-electron chi connectivity index (χ0n) is 19.5. The van der Waals surface area contributed by atoms with Crippen molar-refractivity contribution in [1.82, 2.24) is 14.8 Å². The van der Waals surface area contributed by atoms with Gasteiger partial charge in [-0.05, 0) is 25.0 Å². The van der Waals surface area contributed by atoms with E-state index in [1.54, 1.807) is 18.7 Å². The Morgan fingerprint density at radius 3 is 2.15 bits per heavy atom. The monoisotopic (exact) mass is 459 g/mol. The second kappa shape index (κ2) is 10.5. The number of carbonyl (C=O) groups excluding carboxylic acids is 3. The number of benzene rings is 2. The first-order chi connectivity index (χ1) is 16.5. The molecule has 1 aliphatic rings. The van der Waals surface area contributed by atoms with Gasteiger partial charge in [0.05, 0.1) is 12.2 Å². The predicted octanol–water partition coefficient (Wildman–Crippen LogP) is 3.69. The third kappa shape index (κ3) is 4.94. The highest BCUT2D eigenvalue weighted by Crippen LogP contribution is 2.31. The van der Waals surface area contributed by atoms with Crippen LogP contribution in [-0.2, 0) is 16.1 Å². The second-order valence-corrected chi connectivity index (χ2v) is 8.34. The van der Waals surface area contributed by atoms with Crippen LogP contribution in [0, 0.1) is 6.92 Å². The van der Waals surface area contributed by atoms with E-state index in [2.05, 4.69) is 22.0 Å². The highest BCUT2D eigenvalue weighted by molar-refractivity contribution is 6.43. The van der Waals surface area contributed by atoms with Crippen LogP contribution in [0.25, 0.3) is 11.1 Å². The first-order valence-electron chi connectivity index (χ1n) is 11.5. The van der Waals surface area contributed by atoms with Crippen LogP contribution in [-0.4, -0.2) is 65.2 Å². The number of aryl methyl sites for hydroxylation is 1. The smallest absolute Gasteiger partial charge is 0.340 e.